The third-order valence-corrected chi connectivity index (χ3v) is 5.53. The summed E-state index contributed by atoms with van der Waals surface area (Å²) < 4.78 is 0.869. The van der Waals surface area contributed by atoms with Crippen LogP contribution in [-0.2, 0) is 0 Å². The van der Waals surface area contributed by atoms with Crippen molar-refractivity contribution in [1.82, 2.24) is 0 Å². The Morgan fingerprint density at radius 2 is 2.25 bits per heavy atom. The van der Waals surface area contributed by atoms with E-state index in [2.05, 4.69) is 22.9 Å². The van der Waals surface area contributed by atoms with Crippen molar-refractivity contribution in [2.24, 2.45) is 0 Å². The molecule has 1 saturated heterocycles. The molecule has 1 aliphatic heterocycles. The number of hydrogen-bond acceptors (Lipinski definition) is 2. The predicted molar refractivity (Wildman–Crippen MR) is 73.3 cm³/mol. The largest absolute Gasteiger partial charge is 0.293 e. The predicted octanol–water partition coefficient (Wildman–Crippen LogP) is 4.23. The highest BCUT2D eigenvalue weighted by Gasteiger charge is 2.37. The molecule has 1 nitrogen and oxygen atoms in total. The molecule has 1 aromatic carbocycles. The van der Waals surface area contributed by atoms with Crippen molar-refractivity contribution in [2.45, 2.75) is 31.4 Å². The Hall–Kier alpha value is -0.280. The number of rotatable bonds is 2. The normalized spacial score (nSPS) is 24.7. The number of halogens is 1. The van der Waals surface area contributed by atoms with E-state index in [4.69, 9.17) is 0 Å². The number of ketones is 1. The third kappa shape index (κ3) is 2.21. The van der Waals surface area contributed by atoms with Crippen LogP contribution in [0.3, 0.4) is 0 Å². The minimum atomic E-state index is -0.194. The van der Waals surface area contributed by atoms with Crippen LogP contribution in [-0.4, -0.2) is 16.3 Å². The molecule has 0 amide bonds. The number of carbonyl (C=O) groups excluding carboxylic acids is 1. The van der Waals surface area contributed by atoms with Gasteiger partial charge < -0.3 is 0 Å². The molecule has 0 saturated carbocycles. The van der Waals surface area contributed by atoms with E-state index in [0.717, 1.165) is 34.2 Å². The van der Waals surface area contributed by atoms with Crippen LogP contribution in [0.25, 0.3) is 0 Å². The van der Waals surface area contributed by atoms with Gasteiger partial charge in [-0.15, -0.1) is 11.8 Å². The van der Waals surface area contributed by atoms with Gasteiger partial charge in [0.15, 0.2) is 5.78 Å². The molecular weight excluding hydrogens is 284 g/mol. The third-order valence-electron chi connectivity index (χ3n) is 3.12. The van der Waals surface area contributed by atoms with E-state index < -0.39 is 0 Å². The lowest BCUT2D eigenvalue weighted by Gasteiger charge is -2.21. The van der Waals surface area contributed by atoms with Crippen molar-refractivity contribution >= 4 is 33.5 Å². The van der Waals surface area contributed by atoms with Gasteiger partial charge in [-0.2, -0.15) is 0 Å². The van der Waals surface area contributed by atoms with Gasteiger partial charge in [0.25, 0.3) is 0 Å². The second-order valence-corrected chi connectivity index (χ2v) is 6.93. The monoisotopic (exact) mass is 298 g/mol. The number of thioether (sulfide) groups is 1. The lowest BCUT2D eigenvalue weighted by Crippen LogP contribution is -2.28. The minimum Gasteiger partial charge on any atom is -0.293 e. The van der Waals surface area contributed by atoms with E-state index in [-0.39, 0.29) is 10.5 Å². The molecule has 1 atom stereocenters. The highest BCUT2D eigenvalue weighted by molar-refractivity contribution is 9.10. The lowest BCUT2D eigenvalue weighted by molar-refractivity contribution is 0.0949. The Morgan fingerprint density at radius 1 is 1.50 bits per heavy atom. The number of hydrogen-bond donors (Lipinski definition) is 0. The van der Waals surface area contributed by atoms with Crippen molar-refractivity contribution in [3.63, 3.8) is 0 Å². The van der Waals surface area contributed by atoms with Crippen LogP contribution in [0.5, 0.6) is 0 Å². The average Bonchev–Trinajstić information content (AvgIpc) is 2.70. The first-order valence-corrected chi connectivity index (χ1v) is 7.26. The fourth-order valence-electron chi connectivity index (χ4n) is 2.05. The van der Waals surface area contributed by atoms with E-state index in [0.29, 0.717) is 0 Å². The van der Waals surface area contributed by atoms with Crippen molar-refractivity contribution < 1.29 is 4.79 Å². The fraction of sp³-hybridized carbons (Fsp3) is 0.462. The molecule has 0 aromatic heterocycles. The van der Waals surface area contributed by atoms with Gasteiger partial charge in [-0.25, -0.2) is 0 Å². The van der Waals surface area contributed by atoms with E-state index >= 15 is 0 Å². The van der Waals surface area contributed by atoms with Gasteiger partial charge in [0, 0.05) is 10.0 Å². The molecule has 16 heavy (non-hydrogen) atoms. The van der Waals surface area contributed by atoms with Gasteiger partial charge >= 0.3 is 0 Å². The van der Waals surface area contributed by atoms with Crippen LogP contribution < -0.4 is 0 Å². The first kappa shape index (κ1) is 12.2. The molecule has 0 radical (unpaired) electrons. The van der Waals surface area contributed by atoms with Crippen LogP contribution in [0.4, 0.5) is 0 Å². The van der Waals surface area contributed by atoms with Gasteiger partial charge in [0.2, 0.25) is 0 Å². The van der Waals surface area contributed by atoms with Crippen LogP contribution in [0.2, 0.25) is 0 Å². The zero-order valence-electron chi connectivity index (χ0n) is 9.55. The summed E-state index contributed by atoms with van der Waals surface area (Å²) in [6, 6.07) is 5.87. The molecule has 86 valence electrons. The number of Topliss-reactive ketones (excluding diaryl/α,β-unsaturated/α-hetero) is 1. The Balaban J connectivity index is 2.30. The van der Waals surface area contributed by atoms with Crippen molar-refractivity contribution in [1.29, 1.82) is 0 Å². The van der Waals surface area contributed by atoms with Crippen LogP contribution in [0.15, 0.2) is 22.7 Å². The molecule has 1 aliphatic rings. The Labute approximate surface area is 109 Å². The minimum absolute atomic E-state index is 0.194. The summed E-state index contributed by atoms with van der Waals surface area (Å²) in [5.41, 5.74) is 1.97. The Bertz CT molecular complexity index is 422. The van der Waals surface area contributed by atoms with Gasteiger partial charge in [-0.3, -0.25) is 4.79 Å². The van der Waals surface area contributed by atoms with E-state index in [9.17, 15) is 4.79 Å². The first-order valence-electron chi connectivity index (χ1n) is 5.48. The molecule has 1 unspecified atom stereocenters. The molecule has 0 N–H and O–H groups in total. The van der Waals surface area contributed by atoms with Gasteiger partial charge in [0.1, 0.15) is 0 Å². The molecular formula is C13H15BrOS. The van der Waals surface area contributed by atoms with Crippen molar-refractivity contribution in [3.8, 4) is 0 Å². The van der Waals surface area contributed by atoms with Gasteiger partial charge in [0.05, 0.1) is 4.75 Å². The maximum absolute atomic E-state index is 12.4. The summed E-state index contributed by atoms with van der Waals surface area (Å²) in [6.45, 7) is 4.09. The lowest BCUT2D eigenvalue weighted by atomic mass is 9.94. The molecule has 2 rings (SSSR count). The molecule has 0 aliphatic carbocycles. The standard InChI is InChI=1S/C13H15BrOS/c1-9-8-10(4-5-11(9)14)12(15)13(2)6-3-7-16-13/h4-5,8H,3,6-7H2,1-2H3. The maximum Gasteiger partial charge on any atom is 0.178 e. The van der Waals surface area contributed by atoms with E-state index in [1.807, 2.05) is 25.1 Å². The second-order valence-electron chi connectivity index (χ2n) is 4.48. The SMILES string of the molecule is Cc1cc(C(=O)C2(C)CCCS2)ccc1Br. The molecule has 3 heteroatoms. The summed E-state index contributed by atoms with van der Waals surface area (Å²) in [6.07, 6.45) is 2.16. The highest BCUT2D eigenvalue weighted by Crippen LogP contribution is 2.40. The zero-order valence-corrected chi connectivity index (χ0v) is 12.0. The molecule has 0 bridgehead atoms. The summed E-state index contributed by atoms with van der Waals surface area (Å²) in [7, 11) is 0. The highest BCUT2D eigenvalue weighted by atomic mass is 79.9. The van der Waals surface area contributed by atoms with E-state index in [1.165, 1.54) is 0 Å². The van der Waals surface area contributed by atoms with Crippen molar-refractivity contribution in [3.05, 3.63) is 33.8 Å². The molecule has 1 heterocycles. The second kappa shape index (κ2) is 4.53. The molecule has 1 aromatic rings. The van der Waals surface area contributed by atoms with Crippen molar-refractivity contribution in [2.75, 3.05) is 5.75 Å². The van der Waals surface area contributed by atoms with Crippen LogP contribution in [0.1, 0.15) is 35.7 Å². The fourth-order valence-corrected chi connectivity index (χ4v) is 3.57. The zero-order chi connectivity index (χ0) is 11.8. The van der Waals surface area contributed by atoms with Crippen LogP contribution >= 0.6 is 27.7 Å². The van der Waals surface area contributed by atoms with Crippen LogP contribution in [0, 0.1) is 6.92 Å². The first-order chi connectivity index (χ1) is 7.53. The summed E-state index contributed by atoms with van der Waals surface area (Å²) in [4.78, 5) is 12.4. The average molecular weight is 299 g/mol. The number of carbonyl (C=O) groups is 1. The Morgan fingerprint density at radius 3 is 2.81 bits per heavy atom. The van der Waals surface area contributed by atoms with E-state index in [1.54, 1.807) is 11.8 Å². The molecule has 0 spiro atoms. The smallest absolute Gasteiger partial charge is 0.178 e. The van der Waals surface area contributed by atoms with Gasteiger partial charge in [-0.05, 0) is 50.1 Å². The summed E-state index contributed by atoms with van der Waals surface area (Å²) in [5.74, 6) is 1.39. The maximum atomic E-state index is 12.4. The molecule has 1 fully saturated rings. The number of benzene rings is 1. The summed E-state index contributed by atoms with van der Waals surface area (Å²) >= 11 is 5.26. The van der Waals surface area contributed by atoms with Gasteiger partial charge in [-0.1, -0.05) is 22.0 Å². The topological polar surface area (TPSA) is 17.1 Å². The summed E-state index contributed by atoms with van der Waals surface area (Å²) in [5, 5.41) is 0. The number of aryl methyl sites for hydroxylation is 1. The Kier molecular flexibility index (Phi) is 3.45. The quantitative estimate of drug-likeness (QED) is 0.760.